The van der Waals surface area contributed by atoms with E-state index in [1.54, 1.807) is 36.4 Å². The minimum Gasteiger partial charge on any atom is -0.486 e. The molecule has 2 aromatic heterocycles. The van der Waals surface area contributed by atoms with E-state index in [9.17, 15) is 9.59 Å². The van der Waals surface area contributed by atoms with Gasteiger partial charge in [0.05, 0.1) is 21.8 Å². The van der Waals surface area contributed by atoms with Gasteiger partial charge in [-0.3, -0.25) is 9.59 Å². The molecule has 0 unspecified atom stereocenters. The zero-order chi connectivity index (χ0) is 18.8. The Bertz CT molecular complexity index is 999. The van der Waals surface area contributed by atoms with Crippen LogP contribution in [-0.2, 0) is 0 Å². The summed E-state index contributed by atoms with van der Waals surface area (Å²) in [6.45, 7) is 0.957. The van der Waals surface area contributed by atoms with E-state index in [0.29, 0.717) is 44.8 Å². The van der Waals surface area contributed by atoms with Crippen molar-refractivity contribution in [3.05, 3.63) is 57.8 Å². The Balaban J connectivity index is 1.46. The number of furan rings is 1. The molecule has 0 fully saturated rings. The number of nitrogens with one attached hydrogen (secondary N) is 2. The van der Waals surface area contributed by atoms with Gasteiger partial charge in [0.1, 0.15) is 13.2 Å². The van der Waals surface area contributed by atoms with Crippen molar-refractivity contribution < 1.29 is 23.5 Å². The van der Waals surface area contributed by atoms with Crippen molar-refractivity contribution in [3.63, 3.8) is 0 Å². The number of thiophene rings is 1. The minimum atomic E-state index is -0.372. The molecule has 2 N–H and O–H groups in total. The maximum Gasteiger partial charge on any atom is 0.291 e. The molecule has 1 aromatic carbocycles. The maximum atomic E-state index is 12.5. The maximum absolute atomic E-state index is 12.5. The summed E-state index contributed by atoms with van der Waals surface area (Å²) in [7, 11) is 0. The average molecular weight is 449 g/mol. The molecule has 0 aliphatic carbocycles. The standard InChI is InChI=1S/C18H13BrN2O5S/c19-10-8-13-14(26-7-6-25-13)9-11(10)20-18(23)15-3-4-16(27-15)21-17(22)12-2-1-5-24-12/h1-5,8-9H,6-7H2,(H,20,23)(H,21,22). The summed E-state index contributed by atoms with van der Waals surface area (Å²) in [5, 5.41) is 6.07. The van der Waals surface area contributed by atoms with Crippen LogP contribution in [0.1, 0.15) is 20.2 Å². The Labute approximate surface area is 166 Å². The summed E-state index contributed by atoms with van der Waals surface area (Å²) in [5.74, 6) is 0.747. The van der Waals surface area contributed by atoms with Crippen molar-refractivity contribution in [2.45, 2.75) is 0 Å². The number of rotatable bonds is 4. The summed E-state index contributed by atoms with van der Waals surface area (Å²) in [6, 6.07) is 9.98. The molecule has 27 heavy (non-hydrogen) atoms. The molecule has 138 valence electrons. The first-order valence-electron chi connectivity index (χ1n) is 7.95. The first-order valence-corrected chi connectivity index (χ1v) is 9.56. The normalized spacial score (nSPS) is 12.5. The summed E-state index contributed by atoms with van der Waals surface area (Å²) < 4.78 is 16.8. The van der Waals surface area contributed by atoms with Gasteiger partial charge in [-0.2, -0.15) is 0 Å². The molecule has 3 aromatic rings. The van der Waals surface area contributed by atoms with Crippen molar-refractivity contribution in [2.75, 3.05) is 23.8 Å². The van der Waals surface area contributed by atoms with Gasteiger partial charge >= 0.3 is 0 Å². The molecule has 1 aliphatic heterocycles. The highest BCUT2D eigenvalue weighted by atomic mass is 79.9. The summed E-state index contributed by atoms with van der Waals surface area (Å²) in [4.78, 5) is 25.0. The molecule has 0 bridgehead atoms. The third-order valence-corrected chi connectivity index (χ3v) is 5.35. The smallest absolute Gasteiger partial charge is 0.291 e. The molecule has 1 aliphatic rings. The van der Waals surface area contributed by atoms with Crippen LogP contribution < -0.4 is 20.1 Å². The SMILES string of the molecule is O=C(Nc1ccc(C(=O)Nc2cc3c(cc2Br)OCCO3)s1)c1ccco1. The molecule has 0 atom stereocenters. The van der Waals surface area contributed by atoms with Gasteiger partial charge in [-0.15, -0.1) is 11.3 Å². The number of anilines is 2. The minimum absolute atomic E-state index is 0.203. The molecule has 0 spiro atoms. The van der Waals surface area contributed by atoms with E-state index in [0.717, 1.165) is 11.3 Å². The van der Waals surface area contributed by atoms with Crippen molar-refractivity contribution in [2.24, 2.45) is 0 Å². The molecule has 9 heteroatoms. The zero-order valence-electron chi connectivity index (χ0n) is 13.8. The van der Waals surface area contributed by atoms with Crippen molar-refractivity contribution in [3.8, 4) is 11.5 Å². The fourth-order valence-corrected chi connectivity index (χ4v) is 3.67. The van der Waals surface area contributed by atoms with Crippen LogP contribution in [0, 0.1) is 0 Å². The average Bonchev–Trinajstić information content (AvgIpc) is 3.34. The van der Waals surface area contributed by atoms with E-state index in [-0.39, 0.29) is 17.6 Å². The Morgan fingerprint density at radius 2 is 1.78 bits per heavy atom. The van der Waals surface area contributed by atoms with Crippen LogP contribution in [0.25, 0.3) is 0 Å². The van der Waals surface area contributed by atoms with Gasteiger partial charge < -0.3 is 24.5 Å². The third-order valence-electron chi connectivity index (χ3n) is 3.69. The molecular weight excluding hydrogens is 436 g/mol. The van der Waals surface area contributed by atoms with E-state index in [2.05, 4.69) is 26.6 Å². The number of halogens is 1. The highest BCUT2D eigenvalue weighted by Crippen LogP contribution is 2.38. The van der Waals surface area contributed by atoms with Gasteiger partial charge in [0.25, 0.3) is 11.8 Å². The fraction of sp³-hybridized carbons (Fsp3) is 0.111. The third kappa shape index (κ3) is 3.83. The molecule has 0 radical (unpaired) electrons. The topological polar surface area (TPSA) is 89.8 Å². The van der Waals surface area contributed by atoms with Crippen LogP contribution in [0.3, 0.4) is 0 Å². The lowest BCUT2D eigenvalue weighted by atomic mass is 10.2. The van der Waals surface area contributed by atoms with E-state index in [1.165, 1.54) is 6.26 Å². The molecule has 0 saturated carbocycles. The Morgan fingerprint density at radius 1 is 1.00 bits per heavy atom. The highest BCUT2D eigenvalue weighted by Gasteiger charge is 2.18. The van der Waals surface area contributed by atoms with Gasteiger partial charge in [0.15, 0.2) is 17.3 Å². The van der Waals surface area contributed by atoms with Crippen LogP contribution in [0.4, 0.5) is 10.7 Å². The number of carbonyl (C=O) groups is 2. The van der Waals surface area contributed by atoms with E-state index >= 15 is 0 Å². The molecule has 2 amide bonds. The van der Waals surface area contributed by atoms with Crippen LogP contribution in [-0.4, -0.2) is 25.0 Å². The second-order valence-electron chi connectivity index (χ2n) is 5.53. The number of carbonyl (C=O) groups excluding carboxylic acids is 2. The van der Waals surface area contributed by atoms with Crippen LogP contribution in [0.5, 0.6) is 11.5 Å². The Morgan fingerprint density at radius 3 is 2.52 bits per heavy atom. The van der Waals surface area contributed by atoms with Crippen LogP contribution in [0.2, 0.25) is 0 Å². The van der Waals surface area contributed by atoms with Crippen LogP contribution >= 0.6 is 27.3 Å². The van der Waals surface area contributed by atoms with Gasteiger partial charge in [-0.25, -0.2) is 0 Å². The number of ether oxygens (including phenoxy) is 2. The second kappa shape index (κ2) is 7.45. The largest absolute Gasteiger partial charge is 0.486 e. The quantitative estimate of drug-likeness (QED) is 0.617. The summed E-state index contributed by atoms with van der Waals surface area (Å²) in [6.07, 6.45) is 1.42. The van der Waals surface area contributed by atoms with Gasteiger partial charge in [-0.1, -0.05) is 0 Å². The molecule has 0 saturated heterocycles. The van der Waals surface area contributed by atoms with E-state index in [4.69, 9.17) is 13.9 Å². The highest BCUT2D eigenvalue weighted by molar-refractivity contribution is 9.10. The lowest BCUT2D eigenvalue weighted by Crippen LogP contribution is -2.16. The molecule has 3 heterocycles. The molecule has 7 nitrogen and oxygen atoms in total. The number of hydrogen-bond acceptors (Lipinski definition) is 6. The first-order chi connectivity index (χ1) is 13.1. The van der Waals surface area contributed by atoms with Crippen molar-refractivity contribution in [1.82, 2.24) is 0 Å². The summed E-state index contributed by atoms with van der Waals surface area (Å²) in [5.41, 5.74) is 0.568. The fourth-order valence-electron chi connectivity index (χ4n) is 2.45. The lowest BCUT2D eigenvalue weighted by molar-refractivity contribution is 0.0995. The number of hydrogen-bond donors (Lipinski definition) is 2. The molecular formula is C18H13BrN2O5S. The number of benzene rings is 1. The van der Waals surface area contributed by atoms with Gasteiger partial charge in [0, 0.05) is 16.6 Å². The number of fused-ring (bicyclic) bond motifs is 1. The predicted octanol–water partition coefficient (Wildman–Crippen LogP) is 4.38. The monoisotopic (exact) mass is 448 g/mol. The first kappa shape index (κ1) is 17.6. The predicted molar refractivity (Wildman–Crippen MR) is 104 cm³/mol. The molecule has 4 rings (SSSR count). The Hall–Kier alpha value is -2.78. The van der Waals surface area contributed by atoms with Crippen molar-refractivity contribution in [1.29, 1.82) is 0 Å². The second-order valence-corrected chi connectivity index (χ2v) is 7.46. The number of amides is 2. The lowest BCUT2D eigenvalue weighted by Gasteiger charge is -2.20. The van der Waals surface area contributed by atoms with Crippen molar-refractivity contribution >= 4 is 49.8 Å². The van der Waals surface area contributed by atoms with Gasteiger partial charge in [0.2, 0.25) is 0 Å². The van der Waals surface area contributed by atoms with E-state index in [1.807, 2.05) is 0 Å². The van der Waals surface area contributed by atoms with E-state index < -0.39 is 0 Å². The van der Waals surface area contributed by atoms with Gasteiger partial charge in [-0.05, 0) is 40.2 Å². The zero-order valence-corrected chi connectivity index (χ0v) is 16.2. The summed E-state index contributed by atoms with van der Waals surface area (Å²) >= 11 is 4.59. The Kier molecular flexibility index (Phi) is 4.87. The van der Waals surface area contributed by atoms with Crippen LogP contribution in [0.15, 0.2) is 51.6 Å².